The fourth-order valence-corrected chi connectivity index (χ4v) is 26.6. The highest BCUT2D eigenvalue weighted by atomic mass is 31.3. The molecule has 1 rings (SSSR count). The Morgan fingerprint density at radius 1 is 0.250 bits per heavy atom. The van der Waals surface area contributed by atoms with Crippen LogP contribution in [0.4, 0.5) is 0 Å². The smallest absolute Gasteiger partial charge is 0.134 e. The van der Waals surface area contributed by atoms with Gasteiger partial charge >= 0.3 is 31.5 Å². The van der Waals surface area contributed by atoms with Gasteiger partial charge in [-0.3, -0.25) is 0 Å². The Balaban J connectivity index is 4.11. The normalized spacial score (nSPS) is 23.2. The summed E-state index contributed by atoms with van der Waals surface area (Å²) in [6.45, 7) is 0. The first-order valence-electron chi connectivity index (χ1n) is 10.5. The third kappa shape index (κ3) is 5.33. The maximum atomic E-state index is 4.22. The SMILES string of the molecule is CN(C)[P+]1(N(C)C)N[P+](N(C)C)(N(C)C)N[P+](N(C)C)(N(C)C)N[P+](N(C)C)(N(C)C)N1. The molecule has 0 saturated carbocycles. The lowest BCUT2D eigenvalue weighted by Gasteiger charge is -2.49. The van der Waals surface area contributed by atoms with E-state index in [1.54, 1.807) is 0 Å². The lowest BCUT2D eigenvalue weighted by atomic mass is 11.3. The summed E-state index contributed by atoms with van der Waals surface area (Å²) in [6.07, 6.45) is 0. The van der Waals surface area contributed by atoms with Gasteiger partial charge in [0.2, 0.25) is 0 Å². The third-order valence-electron chi connectivity index (χ3n) is 5.75. The number of rotatable bonds is 8. The summed E-state index contributed by atoms with van der Waals surface area (Å²) in [6, 6.07) is 0. The van der Waals surface area contributed by atoms with Gasteiger partial charge in [-0.25, -0.2) is 0 Å². The number of nitrogens with one attached hydrogen (secondary N) is 4. The Labute approximate surface area is 201 Å². The average molecular weight is 537 g/mol. The lowest BCUT2D eigenvalue weighted by molar-refractivity contribution is 0.474. The molecular weight excluding hydrogens is 484 g/mol. The van der Waals surface area contributed by atoms with Crippen LogP contribution in [0.5, 0.6) is 0 Å². The molecule has 0 amide bonds. The molecule has 1 saturated heterocycles. The van der Waals surface area contributed by atoms with E-state index in [4.69, 9.17) is 0 Å². The Hall–Kier alpha value is 1.24. The summed E-state index contributed by atoms with van der Waals surface area (Å²) in [5.41, 5.74) is 0. The molecule has 1 aliphatic rings. The van der Waals surface area contributed by atoms with Gasteiger partial charge in [0.05, 0.1) is 0 Å². The second kappa shape index (κ2) is 11.1. The van der Waals surface area contributed by atoms with E-state index in [0.717, 1.165) is 0 Å². The number of hydrogen-bond acceptors (Lipinski definition) is 12. The van der Waals surface area contributed by atoms with Crippen molar-refractivity contribution in [2.45, 2.75) is 0 Å². The van der Waals surface area contributed by atoms with E-state index in [1.807, 2.05) is 0 Å². The van der Waals surface area contributed by atoms with Gasteiger partial charge in [0, 0.05) is 132 Å². The van der Waals surface area contributed by atoms with Gasteiger partial charge in [-0.15, -0.1) is 37.4 Å². The third-order valence-corrected chi connectivity index (χ3v) is 23.9. The first-order valence-corrected chi connectivity index (χ1v) is 17.3. The van der Waals surface area contributed by atoms with Crippen molar-refractivity contribution in [2.24, 2.45) is 0 Å². The van der Waals surface area contributed by atoms with Gasteiger partial charge < -0.3 is 0 Å². The summed E-state index contributed by atoms with van der Waals surface area (Å²) in [7, 11) is 25.7. The minimum Gasteiger partial charge on any atom is -0.134 e. The molecule has 1 heterocycles. The molecule has 0 aromatic rings. The summed E-state index contributed by atoms with van der Waals surface area (Å²) in [5.74, 6) is 0. The summed E-state index contributed by atoms with van der Waals surface area (Å²) in [4.78, 5) is 16.9. The second-order valence-corrected chi connectivity index (χ2v) is 24.0. The molecule has 0 spiro atoms. The highest BCUT2D eigenvalue weighted by molar-refractivity contribution is 7.97. The van der Waals surface area contributed by atoms with Gasteiger partial charge in [-0.1, -0.05) is 0 Å². The van der Waals surface area contributed by atoms with Gasteiger partial charge in [0.15, 0.2) is 0 Å². The van der Waals surface area contributed by atoms with Crippen LogP contribution in [0.25, 0.3) is 0 Å². The van der Waals surface area contributed by atoms with Crippen LogP contribution in [0.3, 0.4) is 0 Å². The van der Waals surface area contributed by atoms with Crippen molar-refractivity contribution in [1.29, 1.82) is 0 Å². The molecule has 192 valence electrons. The van der Waals surface area contributed by atoms with Crippen molar-refractivity contribution in [2.75, 3.05) is 113 Å². The lowest BCUT2D eigenvalue weighted by Crippen LogP contribution is -2.61. The zero-order chi connectivity index (χ0) is 25.4. The first-order chi connectivity index (χ1) is 14.4. The topological polar surface area (TPSA) is 74.0 Å². The van der Waals surface area contributed by atoms with Crippen molar-refractivity contribution in [3.8, 4) is 0 Å². The number of hydrogen-bond donors (Lipinski definition) is 4. The zero-order valence-corrected chi connectivity index (χ0v) is 26.9. The van der Waals surface area contributed by atoms with Crippen LogP contribution in [0, 0.1) is 0 Å². The van der Waals surface area contributed by atoms with E-state index >= 15 is 0 Å². The zero-order valence-electron chi connectivity index (χ0n) is 23.4. The standard InChI is InChI=1S/C16H52N12P4/c1-21(2)29(22(3)4)17-30(23(5)6,24(7)8)19-32(27(13)14,28(15)16)20-31(18-29,25(9)10)26(11)12/h17-20H,1-16H3/q+4. The predicted molar refractivity (Wildman–Crippen MR) is 150 cm³/mol. The van der Waals surface area contributed by atoms with Crippen LogP contribution in [0.2, 0.25) is 0 Å². The molecule has 1 fully saturated rings. The molecule has 0 aromatic heterocycles. The summed E-state index contributed by atoms with van der Waals surface area (Å²) < 4.78 is 18.6. The Morgan fingerprint density at radius 2 is 0.344 bits per heavy atom. The van der Waals surface area contributed by atoms with Gasteiger partial charge in [-0.2, -0.15) is 0 Å². The quantitative estimate of drug-likeness (QED) is 0.341. The van der Waals surface area contributed by atoms with Crippen LogP contribution in [-0.2, 0) is 0 Å². The van der Waals surface area contributed by atoms with Crippen molar-refractivity contribution in [3.05, 3.63) is 0 Å². The molecule has 4 N–H and O–H groups in total. The van der Waals surface area contributed by atoms with Gasteiger partial charge in [0.25, 0.3) is 0 Å². The van der Waals surface area contributed by atoms with E-state index in [2.05, 4.69) is 170 Å². The molecular formula is C16H52N12P4+4. The molecule has 12 nitrogen and oxygen atoms in total. The largest absolute Gasteiger partial charge is 0.378 e. The monoisotopic (exact) mass is 536 g/mol. The van der Waals surface area contributed by atoms with E-state index in [1.165, 1.54) is 0 Å². The van der Waals surface area contributed by atoms with Gasteiger partial charge in [0.1, 0.15) is 0 Å². The van der Waals surface area contributed by atoms with Crippen molar-refractivity contribution >= 4 is 31.5 Å². The molecule has 0 atom stereocenters. The Morgan fingerprint density at radius 3 is 0.406 bits per heavy atom. The fraction of sp³-hybridized carbons (Fsp3) is 1.00. The molecule has 0 aliphatic carbocycles. The summed E-state index contributed by atoms with van der Waals surface area (Å²) in [5, 5.41) is 0. The second-order valence-electron chi connectivity index (χ2n) is 9.58. The van der Waals surface area contributed by atoms with Crippen molar-refractivity contribution in [1.82, 2.24) is 56.8 Å². The molecule has 0 unspecified atom stereocenters. The maximum Gasteiger partial charge on any atom is 0.378 e. The highest BCUT2D eigenvalue weighted by Gasteiger charge is 2.78. The fourth-order valence-electron chi connectivity index (χ4n) is 3.73. The van der Waals surface area contributed by atoms with Crippen LogP contribution < -0.4 is 19.4 Å². The molecule has 1 aliphatic heterocycles. The minimum absolute atomic E-state index is 2.16. The molecule has 16 heteroatoms. The number of nitrogens with zero attached hydrogens (tertiary/aromatic N) is 8. The van der Waals surface area contributed by atoms with Crippen LogP contribution >= 0.6 is 31.5 Å². The molecule has 0 radical (unpaired) electrons. The predicted octanol–water partition coefficient (Wildman–Crippen LogP) is 1.56. The Bertz CT molecular complexity index is 462. The van der Waals surface area contributed by atoms with Crippen LogP contribution in [0.15, 0.2) is 0 Å². The van der Waals surface area contributed by atoms with E-state index < -0.39 is 31.5 Å². The van der Waals surface area contributed by atoms with Crippen LogP contribution in [-0.4, -0.2) is 150 Å². The minimum atomic E-state index is -2.23. The van der Waals surface area contributed by atoms with Crippen LogP contribution in [0.1, 0.15) is 0 Å². The van der Waals surface area contributed by atoms with Crippen molar-refractivity contribution < 1.29 is 0 Å². The molecule has 0 aromatic carbocycles. The van der Waals surface area contributed by atoms with Gasteiger partial charge in [-0.05, 0) is 0 Å². The maximum absolute atomic E-state index is 4.22. The molecule has 32 heavy (non-hydrogen) atoms. The van der Waals surface area contributed by atoms with Crippen molar-refractivity contribution in [3.63, 3.8) is 0 Å². The Kier molecular flexibility index (Phi) is 10.8. The van der Waals surface area contributed by atoms with E-state index in [-0.39, 0.29) is 0 Å². The summed E-state index contributed by atoms with van der Waals surface area (Å²) >= 11 is 0. The molecule has 0 bridgehead atoms. The first kappa shape index (κ1) is 31.3. The highest BCUT2D eigenvalue weighted by Crippen LogP contribution is 2.83. The van der Waals surface area contributed by atoms with E-state index in [0.29, 0.717) is 0 Å². The average Bonchev–Trinajstić information content (AvgIpc) is 2.60. The van der Waals surface area contributed by atoms with E-state index in [9.17, 15) is 0 Å².